The normalized spacial score (nSPS) is 11.6. The smallest absolute Gasteiger partial charge is 0.248 e. The second-order valence-electron chi connectivity index (χ2n) is 2.35. The fraction of sp³-hybridized carbons (Fsp3) is 0.167. The Morgan fingerprint density at radius 3 is 2.64 bits per heavy atom. The summed E-state index contributed by atoms with van der Waals surface area (Å²) in [5.41, 5.74) is 0.0805. The number of nitrogens with two attached hydrogens (primary N) is 1. The van der Waals surface area contributed by atoms with Crippen LogP contribution in [0, 0.1) is 0 Å². The summed E-state index contributed by atoms with van der Waals surface area (Å²) in [5, 5.41) is 4.93. The molecular formula is C6H5ClINO3S2. The highest BCUT2D eigenvalue weighted by Crippen LogP contribution is 2.30. The Hall–Kier alpha value is 0.300. The molecular weight excluding hydrogens is 361 g/mol. The van der Waals surface area contributed by atoms with Crippen LogP contribution in [0.3, 0.4) is 0 Å². The number of rotatable bonds is 3. The largest absolute Gasteiger partial charge is 0.293 e. The predicted molar refractivity (Wildman–Crippen MR) is 63.9 cm³/mol. The lowest BCUT2D eigenvalue weighted by Gasteiger charge is -1.96. The van der Waals surface area contributed by atoms with Crippen LogP contribution >= 0.6 is 45.5 Å². The predicted octanol–water partition coefficient (Wildman–Crippen LogP) is 1.67. The number of sulfonamides is 1. The molecule has 0 aliphatic heterocycles. The van der Waals surface area contributed by atoms with Crippen LogP contribution in [0.1, 0.15) is 10.4 Å². The second-order valence-corrected chi connectivity index (χ2v) is 6.56. The monoisotopic (exact) mass is 365 g/mol. The maximum absolute atomic E-state index is 11.3. The Morgan fingerprint density at radius 2 is 2.21 bits per heavy atom. The highest BCUT2D eigenvalue weighted by Gasteiger charge is 2.22. The van der Waals surface area contributed by atoms with Crippen LogP contribution < -0.4 is 5.14 Å². The molecule has 1 aromatic rings. The molecule has 0 bridgehead atoms. The molecule has 2 N–H and O–H groups in total. The minimum atomic E-state index is -3.86. The number of primary sulfonamides is 1. The molecule has 1 aromatic heterocycles. The first-order valence-corrected chi connectivity index (χ1v) is 7.54. The highest BCUT2D eigenvalue weighted by molar-refractivity contribution is 14.1. The third-order valence-corrected chi connectivity index (χ3v) is 4.78. The molecule has 0 saturated carbocycles. The first-order valence-electron chi connectivity index (χ1n) is 3.27. The number of carbonyl (C=O) groups excluding carboxylic acids is 1. The number of thiophene rings is 1. The Labute approximate surface area is 104 Å². The average molecular weight is 366 g/mol. The summed E-state index contributed by atoms with van der Waals surface area (Å²) in [4.78, 5) is 11.3. The van der Waals surface area contributed by atoms with Crippen LogP contribution in [0.25, 0.3) is 0 Å². The molecule has 0 fully saturated rings. The second kappa shape index (κ2) is 4.44. The van der Waals surface area contributed by atoms with E-state index >= 15 is 0 Å². The number of ketones is 1. The third-order valence-electron chi connectivity index (χ3n) is 1.35. The maximum atomic E-state index is 11.3. The molecule has 78 valence electrons. The van der Waals surface area contributed by atoms with Gasteiger partial charge in [-0.1, -0.05) is 34.2 Å². The molecule has 8 heteroatoms. The zero-order valence-corrected chi connectivity index (χ0v) is 11.2. The van der Waals surface area contributed by atoms with Gasteiger partial charge in [0.1, 0.15) is 4.21 Å². The van der Waals surface area contributed by atoms with E-state index < -0.39 is 10.0 Å². The number of carbonyl (C=O) groups is 1. The van der Waals surface area contributed by atoms with Gasteiger partial charge in [0.25, 0.3) is 0 Å². The molecule has 0 atom stereocenters. The van der Waals surface area contributed by atoms with Crippen LogP contribution in [0.2, 0.25) is 4.34 Å². The van der Waals surface area contributed by atoms with Gasteiger partial charge in [0.2, 0.25) is 10.0 Å². The molecule has 0 spiro atoms. The zero-order chi connectivity index (χ0) is 10.9. The minimum Gasteiger partial charge on any atom is -0.293 e. The molecule has 0 saturated heterocycles. The van der Waals surface area contributed by atoms with E-state index in [0.29, 0.717) is 0 Å². The zero-order valence-electron chi connectivity index (χ0n) is 6.66. The van der Waals surface area contributed by atoms with Crippen molar-refractivity contribution in [2.75, 3.05) is 4.43 Å². The van der Waals surface area contributed by atoms with E-state index in [9.17, 15) is 13.2 Å². The van der Waals surface area contributed by atoms with Crippen molar-refractivity contribution in [3.05, 3.63) is 16.0 Å². The van der Waals surface area contributed by atoms with Gasteiger partial charge in [-0.15, -0.1) is 11.3 Å². The Balaban J connectivity index is 3.38. The molecule has 0 radical (unpaired) electrons. The molecule has 0 unspecified atom stereocenters. The van der Waals surface area contributed by atoms with Crippen molar-refractivity contribution in [2.45, 2.75) is 4.21 Å². The van der Waals surface area contributed by atoms with Gasteiger partial charge in [0.05, 0.1) is 14.3 Å². The Morgan fingerprint density at radius 1 is 1.64 bits per heavy atom. The van der Waals surface area contributed by atoms with E-state index in [0.717, 1.165) is 11.3 Å². The van der Waals surface area contributed by atoms with E-state index in [-0.39, 0.29) is 24.3 Å². The number of hydrogen-bond acceptors (Lipinski definition) is 4. The average Bonchev–Trinajstić information content (AvgIpc) is 2.45. The lowest BCUT2D eigenvalue weighted by atomic mass is 10.2. The fourth-order valence-corrected chi connectivity index (χ4v) is 3.56. The van der Waals surface area contributed by atoms with Gasteiger partial charge < -0.3 is 0 Å². The SMILES string of the molecule is NS(=O)(=O)c1sc(Cl)cc1C(=O)CI. The van der Waals surface area contributed by atoms with Crippen molar-refractivity contribution in [1.29, 1.82) is 0 Å². The summed E-state index contributed by atoms with van der Waals surface area (Å²) in [5.74, 6) is -0.294. The van der Waals surface area contributed by atoms with Crippen molar-refractivity contribution in [3.8, 4) is 0 Å². The quantitative estimate of drug-likeness (QED) is 0.503. The van der Waals surface area contributed by atoms with Crippen molar-refractivity contribution in [1.82, 2.24) is 0 Å². The van der Waals surface area contributed by atoms with Crippen LogP contribution in [0.15, 0.2) is 10.3 Å². The van der Waals surface area contributed by atoms with Crippen LogP contribution in [0.4, 0.5) is 0 Å². The van der Waals surface area contributed by atoms with E-state index in [2.05, 4.69) is 0 Å². The van der Waals surface area contributed by atoms with Gasteiger partial charge in [0.15, 0.2) is 5.78 Å². The van der Waals surface area contributed by atoms with Crippen LogP contribution in [-0.2, 0) is 10.0 Å². The van der Waals surface area contributed by atoms with Crippen molar-refractivity contribution < 1.29 is 13.2 Å². The highest BCUT2D eigenvalue weighted by atomic mass is 127. The van der Waals surface area contributed by atoms with Crippen molar-refractivity contribution in [2.24, 2.45) is 5.14 Å². The molecule has 0 aliphatic rings. The standard InChI is InChI=1S/C6H5ClINO3S2/c7-5-1-3(4(10)2-8)6(13-5)14(9,11)12/h1H,2H2,(H2,9,11,12). The molecule has 1 rings (SSSR count). The first-order chi connectivity index (χ1) is 6.36. The minimum absolute atomic E-state index is 0.0805. The van der Waals surface area contributed by atoms with E-state index in [1.54, 1.807) is 0 Å². The maximum Gasteiger partial charge on any atom is 0.248 e. The summed E-state index contributed by atoms with van der Waals surface area (Å²) in [6.45, 7) is 0. The van der Waals surface area contributed by atoms with Gasteiger partial charge in [-0.3, -0.25) is 4.79 Å². The summed E-state index contributed by atoms with van der Waals surface area (Å²) < 4.78 is 22.4. The third kappa shape index (κ3) is 2.66. The molecule has 1 heterocycles. The van der Waals surface area contributed by atoms with E-state index in [1.165, 1.54) is 6.07 Å². The lowest BCUT2D eigenvalue weighted by Crippen LogP contribution is -2.14. The van der Waals surface area contributed by atoms with Crippen LogP contribution in [-0.4, -0.2) is 18.6 Å². The molecule has 0 aliphatic carbocycles. The Kier molecular flexibility index (Phi) is 3.92. The van der Waals surface area contributed by atoms with E-state index in [4.69, 9.17) is 16.7 Å². The van der Waals surface area contributed by atoms with Gasteiger partial charge in [-0.05, 0) is 6.07 Å². The van der Waals surface area contributed by atoms with Gasteiger partial charge in [-0.2, -0.15) is 0 Å². The Bertz CT molecular complexity index is 467. The molecule has 0 aromatic carbocycles. The van der Waals surface area contributed by atoms with Gasteiger partial charge >= 0.3 is 0 Å². The molecule has 4 nitrogen and oxygen atoms in total. The lowest BCUT2D eigenvalue weighted by molar-refractivity contribution is 0.102. The number of hydrogen-bond donors (Lipinski definition) is 1. The first kappa shape index (κ1) is 12.4. The fourth-order valence-electron chi connectivity index (χ4n) is 0.823. The van der Waals surface area contributed by atoms with Gasteiger partial charge in [-0.25, -0.2) is 13.6 Å². The summed E-state index contributed by atoms with van der Waals surface area (Å²) in [6, 6.07) is 1.33. The van der Waals surface area contributed by atoms with Gasteiger partial charge in [0, 0.05) is 0 Å². The number of halogens is 2. The topological polar surface area (TPSA) is 77.2 Å². The summed E-state index contributed by atoms with van der Waals surface area (Å²) in [7, 11) is -3.86. The summed E-state index contributed by atoms with van der Waals surface area (Å²) in [6.07, 6.45) is 0. The van der Waals surface area contributed by atoms with Crippen molar-refractivity contribution >= 4 is 61.3 Å². The van der Waals surface area contributed by atoms with Crippen molar-refractivity contribution in [3.63, 3.8) is 0 Å². The van der Waals surface area contributed by atoms with Crippen LogP contribution in [0.5, 0.6) is 0 Å². The number of Topliss-reactive ketones (excluding diaryl/α,β-unsaturated/α-hetero) is 1. The molecule has 0 amide bonds. The number of alkyl halides is 1. The van der Waals surface area contributed by atoms with E-state index in [1.807, 2.05) is 22.6 Å². The molecule has 14 heavy (non-hydrogen) atoms. The summed E-state index contributed by atoms with van der Waals surface area (Å²) >= 11 is 8.26.